The minimum Gasteiger partial charge on any atom is -0.388 e. The van der Waals surface area contributed by atoms with Crippen molar-refractivity contribution in [3.05, 3.63) is 30.3 Å². The van der Waals surface area contributed by atoms with Gasteiger partial charge in [0, 0.05) is 19.8 Å². The predicted molar refractivity (Wildman–Crippen MR) is 46.8 cm³/mol. The van der Waals surface area contributed by atoms with Gasteiger partial charge >= 0.3 is 0 Å². The summed E-state index contributed by atoms with van der Waals surface area (Å²) in [4.78, 5) is 0. The Morgan fingerprint density at radius 3 is 1.82 bits per heavy atom. The fourth-order valence-electron chi connectivity index (χ4n) is 0.605. The maximum absolute atomic E-state index is 7.32. The number of hydroxylamine groups is 1. The second-order valence-electron chi connectivity index (χ2n) is 1.84. The lowest BCUT2D eigenvalue weighted by Gasteiger charge is -1.94. The average Bonchev–Trinajstić information content (AvgIpc) is 2.08. The van der Waals surface area contributed by atoms with Crippen LogP contribution < -0.4 is 10.8 Å². The highest BCUT2D eigenvalue weighted by atomic mass is 16.5. The largest absolute Gasteiger partial charge is 0.388 e. The van der Waals surface area contributed by atoms with Crippen LogP contribution in [-0.4, -0.2) is 19.3 Å². The van der Waals surface area contributed by atoms with Crippen LogP contribution in [0.2, 0.25) is 0 Å². The maximum Gasteiger partial charge on any atom is 0.0337 e. The standard InChI is InChI=1S/C7H9N.CH5NO/c1-8-7-5-3-2-4-6-7;1-2-3/h2-6,8H,1H3;2-3H,1H3. The van der Waals surface area contributed by atoms with Crippen LogP contribution >= 0.6 is 0 Å². The summed E-state index contributed by atoms with van der Waals surface area (Å²) in [6.45, 7) is 0. The van der Waals surface area contributed by atoms with E-state index in [1.165, 1.54) is 7.05 Å². The number of hydrogen-bond acceptors (Lipinski definition) is 3. The van der Waals surface area contributed by atoms with Crippen molar-refractivity contribution in [3.63, 3.8) is 0 Å². The first kappa shape index (κ1) is 9.94. The van der Waals surface area contributed by atoms with Gasteiger partial charge < -0.3 is 10.5 Å². The molecule has 0 amide bonds. The van der Waals surface area contributed by atoms with E-state index in [1.54, 1.807) is 5.48 Å². The van der Waals surface area contributed by atoms with E-state index < -0.39 is 0 Å². The number of nitrogens with one attached hydrogen (secondary N) is 2. The Labute approximate surface area is 67.0 Å². The van der Waals surface area contributed by atoms with E-state index in [0.717, 1.165) is 5.69 Å². The van der Waals surface area contributed by atoms with Gasteiger partial charge in [-0.2, -0.15) is 0 Å². The Morgan fingerprint density at radius 1 is 1.09 bits per heavy atom. The van der Waals surface area contributed by atoms with Crippen molar-refractivity contribution in [3.8, 4) is 0 Å². The Bertz CT molecular complexity index is 165. The minimum absolute atomic E-state index is 1.16. The van der Waals surface area contributed by atoms with Crippen LogP contribution in [0, 0.1) is 0 Å². The molecule has 0 fully saturated rings. The van der Waals surface area contributed by atoms with Gasteiger partial charge in [-0.3, -0.25) is 0 Å². The number of hydrogen-bond donors (Lipinski definition) is 3. The number of anilines is 1. The third-order valence-corrected chi connectivity index (χ3v) is 1.06. The normalized spacial score (nSPS) is 7.91. The monoisotopic (exact) mass is 154 g/mol. The van der Waals surface area contributed by atoms with Gasteiger partial charge in [0.05, 0.1) is 0 Å². The van der Waals surface area contributed by atoms with Gasteiger partial charge in [0.1, 0.15) is 0 Å². The van der Waals surface area contributed by atoms with Gasteiger partial charge in [0.15, 0.2) is 0 Å². The van der Waals surface area contributed by atoms with Crippen LogP contribution in [0.4, 0.5) is 5.69 Å². The molecule has 0 radical (unpaired) electrons. The van der Waals surface area contributed by atoms with Crippen LogP contribution in [0.25, 0.3) is 0 Å². The average molecular weight is 154 g/mol. The van der Waals surface area contributed by atoms with Crippen LogP contribution in [0.5, 0.6) is 0 Å². The molecule has 0 atom stereocenters. The molecule has 11 heavy (non-hydrogen) atoms. The van der Waals surface area contributed by atoms with Crippen molar-refractivity contribution >= 4 is 5.69 Å². The molecular formula is C8H14N2O. The molecular weight excluding hydrogens is 140 g/mol. The maximum atomic E-state index is 7.32. The first-order valence-electron chi connectivity index (χ1n) is 3.38. The zero-order chi connectivity index (χ0) is 8.53. The van der Waals surface area contributed by atoms with Gasteiger partial charge in [0.2, 0.25) is 0 Å². The summed E-state index contributed by atoms with van der Waals surface area (Å²) < 4.78 is 0. The van der Waals surface area contributed by atoms with Crippen molar-refractivity contribution in [2.45, 2.75) is 0 Å². The van der Waals surface area contributed by atoms with Crippen LogP contribution in [0.15, 0.2) is 30.3 Å². The summed E-state index contributed by atoms with van der Waals surface area (Å²) >= 11 is 0. The van der Waals surface area contributed by atoms with E-state index in [9.17, 15) is 0 Å². The summed E-state index contributed by atoms with van der Waals surface area (Å²) in [7, 11) is 3.34. The highest BCUT2D eigenvalue weighted by molar-refractivity contribution is 5.41. The molecule has 0 spiro atoms. The van der Waals surface area contributed by atoms with E-state index in [2.05, 4.69) is 5.32 Å². The first-order chi connectivity index (χ1) is 5.35. The van der Waals surface area contributed by atoms with Gasteiger partial charge in [-0.1, -0.05) is 18.2 Å². The number of para-hydroxylation sites is 1. The number of benzene rings is 1. The molecule has 3 N–H and O–H groups in total. The molecule has 0 aliphatic heterocycles. The third-order valence-electron chi connectivity index (χ3n) is 1.06. The Balaban J connectivity index is 0.000000292. The highest BCUT2D eigenvalue weighted by Crippen LogP contribution is 2.01. The Kier molecular flexibility index (Phi) is 6.37. The highest BCUT2D eigenvalue weighted by Gasteiger charge is 1.77. The molecule has 62 valence electrons. The minimum atomic E-state index is 1.16. The summed E-state index contributed by atoms with van der Waals surface area (Å²) in [6, 6.07) is 10.1. The molecule has 1 aromatic carbocycles. The zero-order valence-corrected chi connectivity index (χ0v) is 6.83. The van der Waals surface area contributed by atoms with Crippen molar-refractivity contribution < 1.29 is 5.21 Å². The van der Waals surface area contributed by atoms with E-state index >= 15 is 0 Å². The Hall–Kier alpha value is -1.06. The lowest BCUT2D eigenvalue weighted by Crippen LogP contribution is -1.91. The van der Waals surface area contributed by atoms with Gasteiger partial charge in [0.25, 0.3) is 0 Å². The quantitative estimate of drug-likeness (QED) is 0.534. The molecule has 0 aliphatic rings. The van der Waals surface area contributed by atoms with E-state index in [4.69, 9.17) is 5.21 Å². The molecule has 0 bridgehead atoms. The topological polar surface area (TPSA) is 44.3 Å². The van der Waals surface area contributed by atoms with E-state index in [0.29, 0.717) is 0 Å². The van der Waals surface area contributed by atoms with E-state index in [-0.39, 0.29) is 0 Å². The fraction of sp³-hybridized carbons (Fsp3) is 0.250. The lowest BCUT2D eigenvalue weighted by atomic mass is 10.3. The molecule has 0 saturated heterocycles. The van der Waals surface area contributed by atoms with Crippen LogP contribution in [0.1, 0.15) is 0 Å². The van der Waals surface area contributed by atoms with Crippen molar-refractivity contribution in [2.75, 3.05) is 19.4 Å². The third kappa shape index (κ3) is 5.39. The second-order valence-corrected chi connectivity index (χ2v) is 1.84. The molecule has 0 aliphatic carbocycles. The summed E-state index contributed by atoms with van der Waals surface area (Å²) in [5, 5.41) is 10.3. The molecule has 3 heteroatoms. The smallest absolute Gasteiger partial charge is 0.0337 e. The van der Waals surface area contributed by atoms with Gasteiger partial charge in [-0.05, 0) is 12.1 Å². The molecule has 1 aromatic rings. The van der Waals surface area contributed by atoms with Crippen molar-refractivity contribution in [1.82, 2.24) is 5.48 Å². The Morgan fingerprint density at radius 2 is 1.55 bits per heavy atom. The first-order valence-corrected chi connectivity index (χ1v) is 3.38. The fourth-order valence-corrected chi connectivity index (χ4v) is 0.605. The lowest BCUT2D eigenvalue weighted by molar-refractivity contribution is 0.194. The van der Waals surface area contributed by atoms with Gasteiger partial charge in [-0.25, -0.2) is 5.48 Å². The molecule has 0 heterocycles. The van der Waals surface area contributed by atoms with Gasteiger partial charge in [-0.15, -0.1) is 0 Å². The molecule has 0 saturated carbocycles. The van der Waals surface area contributed by atoms with Crippen molar-refractivity contribution in [1.29, 1.82) is 0 Å². The molecule has 3 nitrogen and oxygen atoms in total. The molecule has 1 rings (SSSR count). The zero-order valence-electron chi connectivity index (χ0n) is 6.83. The van der Waals surface area contributed by atoms with Crippen LogP contribution in [-0.2, 0) is 0 Å². The predicted octanol–water partition coefficient (Wildman–Crippen LogP) is 1.32. The second kappa shape index (κ2) is 7.05. The summed E-state index contributed by atoms with van der Waals surface area (Å²) in [5.41, 5.74) is 2.91. The molecule has 0 aromatic heterocycles. The van der Waals surface area contributed by atoms with E-state index in [1.807, 2.05) is 37.4 Å². The summed E-state index contributed by atoms with van der Waals surface area (Å²) in [5.74, 6) is 0. The molecule has 0 unspecified atom stereocenters. The number of rotatable bonds is 1. The summed E-state index contributed by atoms with van der Waals surface area (Å²) in [6.07, 6.45) is 0. The van der Waals surface area contributed by atoms with Crippen molar-refractivity contribution in [2.24, 2.45) is 0 Å². The van der Waals surface area contributed by atoms with Crippen LogP contribution in [0.3, 0.4) is 0 Å². The SMILES string of the molecule is CNO.CNc1ccccc1.